The van der Waals surface area contributed by atoms with Crippen LogP contribution in [0.5, 0.6) is 0 Å². The zero-order chi connectivity index (χ0) is 12.8. The van der Waals surface area contributed by atoms with Crippen LogP contribution in [0.15, 0.2) is 18.2 Å². The molecule has 0 bridgehead atoms. The molecule has 17 heavy (non-hydrogen) atoms. The molecule has 1 nitrogen and oxygen atoms in total. The van der Waals surface area contributed by atoms with Crippen LogP contribution in [0.25, 0.3) is 0 Å². The Morgan fingerprint density at radius 1 is 1.29 bits per heavy atom. The topological polar surface area (TPSA) is 12.0 Å². The summed E-state index contributed by atoms with van der Waals surface area (Å²) >= 11 is 0. The Bertz CT molecular complexity index is 349. The quantitative estimate of drug-likeness (QED) is 0.781. The van der Waals surface area contributed by atoms with Crippen molar-refractivity contribution >= 4 is 0 Å². The Balaban J connectivity index is 2.95. The van der Waals surface area contributed by atoms with Gasteiger partial charge in [-0.25, -0.2) is 4.39 Å². The maximum absolute atomic E-state index is 14.0. The summed E-state index contributed by atoms with van der Waals surface area (Å²) in [5.41, 5.74) is 1.78. The molecule has 0 saturated heterocycles. The van der Waals surface area contributed by atoms with Crippen molar-refractivity contribution in [3.05, 3.63) is 35.1 Å². The Labute approximate surface area is 104 Å². The number of benzene rings is 1. The van der Waals surface area contributed by atoms with Gasteiger partial charge in [0.05, 0.1) is 0 Å². The van der Waals surface area contributed by atoms with Gasteiger partial charge in [0, 0.05) is 11.6 Å². The average Bonchev–Trinajstić information content (AvgIpc) is 2.31. The molecule has 2 heteroatoms. The van der Waals surface area contributed by atoms with E-state index in [1.165, 1.54) is 0 Å². The fourth-order valence-electron chi connectivity index (χ4n) is 2.04. The van der Waals surface area contributed by atoms with Gasteiger partial charge in [-0.2, -0.15) is 0 Å². The second-order valence-corrected chi connectivity index (χ2v) is 4.84. The molecule has 2 atom stereocenters. The molecular weight excluding hydrogens is 213 g/mol. The summed E-state index contributed by atoms with van der Waals surface area (Å²) in [7, 11) is 0. The van der Waals surface area contributed by atoms with Crippen molar-refractivity contribution in [2.24, 2.45) is 5.92 Å². The van der Waals surface area contributed by atoms with Crippen molar-refractivity contribution in [1.29, 1.82) is 0 Å². The minimum Gasteiger partial charge on any atom is -0.310 e. The van der Waals surface area contributed by atoms with Crippen molar-refractivity contribution in [2.75, 3.05) is 6.54 Å². The summed E-state index contributed by atoms with van der Waals surface area (Å²) in [6.45, 7) is 9.31. The zero-order valence-electron chi connectivity index (χ0n) is 11.4. The molecule has 0 aliphatic carbocycles. The van der Waals surface area contributed by atoms with Gasteiger partial charge in [-0.3, -0.25) is 0 Å². The summed E-state index contributed by atoms with van der Waals surface area (Å²) in [5.74, 6) is 0.359. The lowest BCUT2D eigenvalue weighted by atomic mass is 9.91. The van der Waals surface area contributed by atoms with Crippen LogP contribution in [0.1, 0.15) is 50.8 Å². The van der Waals surface area contributed by atoms with E-state index in [4.69, 9.17) is 0 Å². The van der Waals surface area contributed by atoms with Gasteiger partial charge in [0.25, 0.3) is 0 Å². The van der Waals surface area contributed by atoms with E-state index >= 15 is 0 Å². The lowest BCUT2D eigenvalue weighted by Crippen LogP contribution is -2.28. The molecule has 1 rings (SSSR count). The third-order valence-corrected chi connectivity index (χ3v) is 3.32. The molecule has 0 aliphatic rings. The second kappa shape index (κ2) is 6.75. The summed E-state index contributed by atoms with van der Waals surface area (Å²) < 4.78 is 14.0. The highest BCUT2D eigenvalue weighted by Crippen LogP contribution is 2.27. The van der Waals surface area contributed by atoms with Gasteiger partial charge in [0.2, 0.25) is 0 Å². The standard InChI is InChI=1S/C15H24FN/c1-5-9-17-15(12(4)6-2)13-8-7-11(3)10-14(13)16/h7-8,10,12,15,17H,5-6,9H2,1-4H3. The van der Waals surface area contributed by atoms with Gasteiger partial charge in [0.15, 0.2) is 0 Å². The molecule has 1 aromatic carbocycles. The highest BCUT2D eigenvalue weighted by Gasteiger charge is 2.20. The van der Waals surface area contributed by atoms with E-state index in [2.05, 4.69) is 26.1 Å². The van der Waals surface area contributed by atoms with E-state index in [1.54, 1.807) is 6.07 Å². The first-order valence-corrected chi connectivity index (χ1v) is 6.59. The maximum atomic E-state index is 14.0. The average molecular weight is 237 g/mol. The van der Waals surface area contributed by atoms with Gasteiger partial charge in [-0.05, 0) is 37.4 Å². The van der Waals surface area contributed by atoms with E-state index in [-0.39, 0.29) is 11.9 Å². The third kappa shape index (κ3) is 3.81. The smallest absolute Gasteiger partial charge is 0.128 e. The summed E-state index contributed by atoms with van der Waals surface area (Å²) in [5, 5.41) is 3.46. The van der Waals surface area contributed by atoms with Crippen LogP contribution in [0.4, 0.5) is 4.39 Å². The molecule has 0 spiro atoms. The SMILES string of the molecule is CCCNC(c1ccc(C)cc1F)C(C)CC. The fraction of sp³-hybridized carbons (Fsp3) is 0.600. The molecule has 0 radical (unpaired) electrons. The van der Waals surface area contributed by atoms with E-state index in [0.29, 0.717) is 5.92 Å². The highest BCUT2D eigenvalue weighted by molar-refractivity contribution is 5.26. The van der Waals surface area contributed by atoms with Crippen LogP contribution >= 0.6 is 0 Å². The van der Waals surface area contributed by atoms with Crippen LogP contribution in [-0.2, 0) is 0 Å². The van der Waals surface area contributed by atoms with Crippen LogP contribution < -0.4 is 5.32 Å². The largest absolute Gasteiger partial charge is 0.310 e. The highest BCUT2D eigenvalue weighted by atomic mass is 19.1. The third-order valence-electron chi connectivity index (χ3n) is 3.32. The summed E-state index contributed by atoms with van der Waals surface area (Å²) in [6, 6.07) is 5.66. The number of halogens is 1. The molecule has 0 amide bonds. The molecule has 0 aliphatic heterocycles. The Morgan fingerprint density at radius 2 is 2.00 bits per heavy atom. The Hall–Kier alpha value is -0.890. The van der Waals surface area contributed by atoms with Crippen LogP contribution in [0.2, 0.25) is 0 Å². The van der Waals surface area contributed by atoms with Crippen LogP contribution in [0.3, 0.4) is 0 Å². The first kappa shape index (κ1) is 14.2. The molecule has 0 fully saturated rings. The van der Waals surface area contributed by atoms with Gasteiger partial charge in [0.1, 0.15) is 5.82 Å². The number of rotatable bonds is 6. The summed E-state index contributed by atoms with van der Waals surface area (Å²) in [4.78, 5) is 0. The van der Waals surface area contributed by atoms with Crippen molar-refractivity contribution in [2.45, 2.75) is 46.6 Å². The first-order valence-electron chi connectivity index (χ1n) is 6.59. The van der Waals surface area contributed by atoms with Crippen molar-refractivity contribution in [1.82, 2.24) is 5.32 Å². The van der Waals surface area contributed by atoms with Gasteiger partial charge in [-0.15, -0.1) is 0 Å². The van der Waals surface area contributed by atoms with Gasteiger partial charge in [-0.1, -0.05) is 39.3 Å². The lowest BCUT2D eigenvalue weighted by molar-refractivity contribution is 0.366. The van der Waals surface area contributed by atoms with Crippen molar-refractivity contribution in [3.8, 4) is 0 Å². The molecule has 2 unspecified atom stereocenters. The minimum atomic E-state index is -0.0843. The number of nitrogens with one attached hydrogen (secondary N) is 1. The first-order chi connectivity index (χ1) is 8.10. The molecule has 96 valence electrons. The predicted octanol–water partition coefficient (Wildman–Crippen LogP) is 4.22. The number of hydrogen-bond acceptors (Lipinski definition) is 1. The molecule has 0 heterocycles. The number of aryl methyl sites for hydroxylation is 1. The lowest BCUT2D eigenvalue weighted by Gasteiger charge is -2.25. The molecule has 1 aromatic rings. The number of hydrogen-bond donors (Lipinski definition) is 1. The normalized spacial score (nSPS) is 14.6. The molecule has 0 aromatic heterocycles. The second-order valence-electron chi connectivity index (χ2n) is 4.84. The fourth-order valence-corrected chi connectivity index (χ4v) is 2.04. The van der Waals surface area contributed by atoms with Gasteiger partial charge < -0.3 is 5.32 Å². The Kier molecular flexibility index (Phi) is 5.63. The van der Waals surface area contributed by atoms with E-state index in [1.807, 2.05) is 19.1 Å². The van der Waals surface area contributed by atoms with Crippen molar-refractivity contribution < 1.29 is 4.39 Å². The van der Waals surface area contributed by atoms with E-state index in [0.717, 1.165) is 30.5 Å². The van der Waals surface area contributed by atoms with Crippen molar-refractivity contribution in [3.63, 3.8) is 0 Å². The summed E-state index contributed by atoms with van der Waals surface area (Å²) in [6.07, 6.45) is 2.12. The van der Waals surface area contributed by atoms with Crippen LogP contribution in [0, 0.1) is 18.7 Å². The monoisotopic (exact) mass is 237 g/mol. The molecular formula is C15H24FN. The van der Waals surface area contributed by atoms with E-state index in [9.17, 15) is 4.39 Å². The predicted molar refractivity (Wildman–Crippen MR) is 71.6 cm³/mol. The Morgan fingerprint density at radius 3 is 2.53 bits per heavy atom. The van der Waals surface area contributed by atoms with Crippen LogP contribution in [-0.4, -0.2) is 6.54 Å². The maximum Gasteiger partial charge on any atom is 0.128 e. The zero-order valence-corrected chi connectivity index (χ0v) is 11.4. The van der Waals surface area contributed by atoms with Gasteiger partial charge >= 0.3 is 0 Å². The molecule has 0 saturated carbocycles. The molecule has 1 N–H and O–H groups in total. The van der Waals surface area contributed by atoms with E-state index < -0.39 is 0 Å². The minimum absolute atomic E-state index is 0.0843.